The van der Waals surface area contributed by atoms with Crippen LogP contribution in [0.5, 0.6) is 0 Å². The molecular weight excluding hydrogens is 652 g/mol. The van der Waals surface area contributed by atoms with Gasteiger partial charge in [-0.25, -0.2) is 13.5 Å². The van der Waals surface area contributed by atoms with Gasteiger partial charge in [-0.2, -0.15) is 5.10 Å². The number of nitrogen functional groups attached to an aromatic ring is 1. The highest BCUT2D eigenvalue weighted by molar-refractivity contribution is 6.12. The van der Waals surface area contributed by atoms with Gasteiger partial charge in [-0.3, -0.25) is 19.5 Å². The fourth-order valence-electron chi connectivity index (χ4n) is 9.56. The van der Waals surface area contributed by atoms with E-state index in [0.29, 0.717) is 50.6 Å². The van der Waals surface area contributed by atoms with Gasteiger partial charge in [-0.05, 0) is 58.0 Å². The third-order valence-corrected chi connectivity index (χ3v) is 12.5. The predicted molar refractivity (Wildman–Crippen MR) is 196 cm³/mol. The summed E-state index contributed by atoms with van der Waals surface area (Å²) in [7, 11) is 0. The Bertz CT molecular complexity index is 1510. The minimum absolute atomic E-state index is 0.0178. The second-order valence-corrected chi connectivity index (χ2v) is 15.7. The summed E-state index contributed by atoms with van der Waals surface area (Å²) in [4.78, 5) is 38.1. The number of hydrogen-bond donors (Lipinski definition) is 3. The monoisotopic (exact) mass is 709 g/mol. The molecule has 3 saturated heterocycles. The van der Waals surface area contributed by atoms with Crippen LogP contribution in [0.4, 0.5) is 31.8 Å². The van der Waals surface area contributed by atoms with Gasteiger partial charge in [-0.1, -0.05) is 64.2 Å². The molecule has 1 saturated carbocycles. The fraction of sp³-hybridized carbons (Fsp3) is 0.737. The van der Waals surface area contributed by atoms with Gasteiger partial charge in [0.25, 0.3) is 5.91 Å². The maximum Gasteiger partial charge on any atom is 0.263 e. The van der Waals surface area contributed by atoms with Crippen molar-refractivity contribution in [2.45, 2.75) is 127 Å². The largest absolute Gasteiger partial charge is 0.381 e. The molecule has 2 amide bonds. The number of amides is 2. The van der Waals surface area contributed by atoms with Crippen LogP contribution in [0, 0.1) is 11.7 Å². The number of aromatic nitrogens is 3. The molecule has 2 unspecified atom stereocenters. The average Bonchev–Trinajstić information content (AvgIpc) is 3.77. The van der Waals surface area contributed by atoms with Gasteiger partial charge in [0.1, 0.15) is 23.2 Å². The second kappa shape index (κ2) is 16.0. The summed E-state index contributed by atoms with van der Waals surface area (Å²) in [5.74, 6) is -0.543. The van der Waals surface area contributed by atoms with E-state index in [1.165, 1.54) is 44.7 Å². The van der Waals surface area contributed by atoms with Crippen LogP contribution in [0.3, 0.4) is 0 Å². The number of likely N-dealkylation sites (tertiary alicyclic amines) is 2. The molecule has 51 heavy (non-hydrogen) atoms. The molecule has 2 aromatic rings. The molecule has 4 fully saturated rings. The molecule has 0 bridgehead atoms. The van der Waals surface area contributed by atoms with Crippen LogP contribution in [-0.2, 0) is 10.3 Å². The first kappa shape index (κ1) is 35.9. The van der Waals surface area contributed by atoms with Crippen LogP contribution >= 0.6 is 0 Å². The van der Waals surface area contributed by atoms with Gasteiger partial charge in [0, 0.05) is 44.7 Å². The highest BCUT2D eigenvalue weighted by atomic mass is 19.1. The molecule has 280 valence electrons. The van der Waals surface area contributed by atoms with Gasteiger partial charge < -0.3 is 26.2 Å². The third-order valence-electron chi connectivity index (χ3n) is 12.5. The molecule has 1 aliphatic carbocycles. The summed E-state index contributed by atoms with van der Waals surface area (Å²) in [5.41, 5.74) is 6.20. The Morgan fingerprint density at radius 3 is 2.20 bits per heavy atom. The number of nitrogens with two attached hydrogens (primary N) is 1. The predicted octanol–water partition coefficient (Wildman–Crippen LogP) is 6.32. The van der Waals surface area contributed by atoms with Gasteiger partial charge in [0.2, 0.25) is 5.91 Å². The number of piperidine rings is 2. The number of nitrogens with zero attached hydrogens (tertiary/aromatic N) is 6. The van der Waals surface area contributed by atoms with Crippen molar-refractivity contribution in [2.75, 3.05) is 67.1 Å². The van der Waals surface area contributed by atoms with E-state index < -0.39 is 23.4 Å². The first-order valence-electron chi connectivity index (χ1n) is 19.9. The van der Waals surface area contributed by atoms with Crippen molar-refractivity contribution in [3.05, 3.63) is 23.8 Å². The summed E-state index contributed by atoms with van der Waals surface area (Å²) >= 11 is 0. The van der Waals surface area contributed by atoms with Gasteiger partial charge in [-0.15, -0.1) is 0 Å². The lowest BCUT2D eigenvalue weighted by atomic mass is 9.80. The first-order valence-corrected chi connectivity index (χ1v) is 19.9. The molecule has 1 spiro atoms. The van der Waals surface area contributed by atoms with E-state index >= 15 is 8.78 Å². The molecule has 6 heterocycles. The molecule has 11 nitrogen and oxygen atoms in total. The fourth-order valence-corrected chi connectivity index (χ4v) is 9.56. The van der Waals surface area contributed by atoms with Crippen molar-refractivity contribution in [3.63, 3.8) is 0 Å². The maximum atomic E-state index is 16.0. The van der Waals surface area contributed by atoms with Crippen LogP contribution in [0.1, 0.15) is 120 Å². The number of alkyl halides is 1. The van der Waals surface area contributed by atoms with E-state index in [4.69, 9.17) is 5.73 Å². The minimum Gasteiger partial charge on any atom is -0.381 e. The highest BCUT2D eigenvalue weighted by Gasteiger charge is 2.47. The topological polar surface area (TPSA) is 125 Å². The summed E-state index contributed by atoms with van der Waals surface area (Å²) in [6.45, 7) is 4.91. The summed E-state index contributed by atoms with van der Waals surface area (Å²) in [6, 6.07) is 0.460. The molecule has 0 aromatic carbocycles. The van der Waals surface area contributed by atoms with Crippen molar-refractivity contribution in [2.24, 2.45) is 5.92 Å². The molecule has 0 radical (unpaired) electrons. The summed E-state index contributed by atoms with van der Waals surface area (Å²) in [5, 5.41) is 10.6. The molecular formula is C38H57F2N9O2. The Kier molecular flexibility index (Phi) is 11.3. The number of halogens is 2. The van der Waals surface area contributed by atoms with Crippen molar-refractivity contribution < 1.29 is 18.4 Å². The number of fused-ring (bicyclic) bond motifs is 2. The Labute approximate surface area is 301 Å². The highest BCUT2D eigenvalue weighted by Crippen LogP contribution is 2.44. The zero-order valence-corrected chi connectivity index (χ0v) is 30.2. The summed E-state index contributed by atoms with van der Waals surface area (Å²) in [6.07, 6.45) is 18.6. The van der Waals surface area contributed by atoms with Crippen LogP contribution in [0.25, 0.3) is 0 Å². The van der Waals surface area contributed by atoms with Crippen molar-refractivity contribution in [1.29, 1.82) is 0 Å². The maximum absolute atomic E-state index is 16.0. The van der Waals surface area contributed by atoms with E-state index in [-0.39, 0.29) is 41.1 Å². The Balaban J connectivity index is 1.04. The zero-order valence-electron chi connectivity index (χ0n) is 30.2. The van der Waals surface area contributed by atoms with Gasteiger partial charge in [0.05, 0.1) is 23.6 Å². The van der Waals surface area contributed by atoms with Crippen molar-refractivity contribution in [1.82, 2.24) is 24.6 Å². The molecule has 4 N–H and O–H groups in total. The van der Waals surface area contributed by atoms with E-state index in [1.807, 2.05) is 9.80 Å². The third kappa shape index (κ3) is 7.55. The van der Waals surface area contributed by atoms with E-state index in [1.54, 1.807) is 4.68 Å². The molecule has 4 aliphatic heterocycles. The van der Waals surface area contributed by atoms with Crippen LogP contribution in [0.2, 0.25) is 0 Å². The number of carbonyl (C=O) groups excluding carboxylic acids is 2. The lowest BCUT2D eigenvalue weighted by Gasteiger charge is -2.42. The Morgan fingerprint density at radius 2 is 1.51 bits per heavy atom. The normalized spacial score (nSPS) is 25.5. The van der Waals surface area contributed by atoms with Gasteiger partial charge in [0.15, 0.2) is 11.6 Å². The average molecular weight is 710 g/mol. The number of rotatable bonds is 5. The number of carbonyl (C=O) groups is 2. The van der Waals surface area contributed by atoms with E-state index in [2.05, 4.69) is 25.6 Å². The second-order valence-electron chi connectivity index (χ2n) is 15.7. The van der Waals surface area contributed by atoms with Gasteiger partial charge >= 0.3 is 0 Å². The molecule has 2 aromatic heterocycles. The molecule has 7 rings (SSSR count). The van der Waals surface area contributed by atoms with Crippen molar-refractivity contribution >= 4 is 34.8 Å². The zero-order chi connectivity index (χ0) is 35.4. The molecule has 5 aliphatic rings. The standard InChI is InChI=1S/C38H57F2N9O2/c39-29-23-42-24-30(33(29)47-20-13-27(14-21-47)37(51)48-22-15-28(26-48)46-18-11-8-12-19-46)44-36(50)32-34(41)45-49-35(32)43-25-31(40)38(49)16-9-6-4-2-1-3-5-7-10-17-38/h23-24,27-28,31,43H,1-22,25-26H2,(H2,41,45)(H,44,50). The van der Waals surface area contributed by atoms with Crippen molar-refractivity contribution in [3.8, 4) is 0 Å². The number of hydrogen-bond acceptors (Lipinski definition) is 8. The number of nitrogens with one attached hydrogen (secondary N) is 2. The van der Waals surface area contributed by atoms with Crippen LogP contribution in [0.15, 0.2) is 12.4 Å². The quantitative estimate of drug-likeness (QED) is 0.330. The minimum atomic E-state index is -1.17. The van der Waals surface area contributed by atoms with E-state index in [0.717, 1.165) is 77.3 Å². The smallest absolute Gasteiger partial charge is 0.263 e. The molecule has 13 heteroatoms. The van der Waals surface area contributed by atoms with Crippen LogP contribution in [-0.4, -0.2) is 94.4 Å². The Morgan fingerprint density at radius 1 is 0.863 bits per heavy atom. The summed E-state index contributed by atoms with van der Waals surface area (Å²) < 4.78 is 33.2. The van der Waals surface area contributed by atoms with Crippen LogP contribution < -0.4 is 21.3 Å². The number of anilines is 4. The molecule has 2 atom stereocenters. The number of pyridine rings is 1. The first-order chi connectivity index (χ1) is 24.9. The lowest BCUT2D eigenvalue weighted by molar-refractivity contribution is -0.135. The Hall–Kier alpha value is -3.48. The SMILES string of the molecule is Nc1nn2c(c1C(=O)Nc1cncc(F)c1N1CCC(C(=O)N3CCC(N4CCCCC4)C3)CC1)NCC(F)C21CCCCCCCCCCC1. The van der Waals surface area contributed by atoms with E-state index in [9.17, 15) is 9.59 Å². The lowest BCUT2D eigenvalue weighted by Crippen LogP contribution is -2.51.